The van der Waals surface area contributed by atoms with Crippen LogP contribution in [0, 0.1) is 6.92 Å². The molecule has 8 heteroatoms. The van der Waals surface area contributed by atoms with Gasteiger partial charge in [-0.3, -0.25) is 0 Å². The van der Waals surface area contributed by atoms with Crippen molar-refractivity contribution in [1.82, 2.24) is 0 Å². The second-order valence-electron chi connectivity index (χ2n) is 6.67. The van der Waals surface area contributed by atoms with Gasteiger partial charge >= 0.3 is 11.9 Å². The molecule has 0 saturated carbocycles. The molecule has 0 aliphatic heterocycles. The second-order valence-corrected chi connectivity index (χ2v) is 8.30. The van der Waals surface area contributed by atoms with Gasteiger partial charge in [-0.25, -0.2) is 9.59 Å². The fourth-order valence-corrected chi connectivity index (χ4v) is 4.56. The molecule has 0 bridgehead atoms. The van der Waals surface area contributed by atoms with Crippen molar-refractivity contribution in [3.05, 3.63) is 70.6 Å². The highest BCUT2D eigenvalue weighted by atomic mass is 32.1. The van der Waals surface area contributed by atoms with Crippen molar-refractivity contribution in [3.63, 3.8) is 0 Å². The monoisotopic (exact) mass is 468 g/mol. The number of aryl methyl sites for hydroxylation is 1. The number of anilines is 2. The first kappa shape index (κ1) is 23.4. The number of hydrogen-bond donors (Lipinski definition) is 2. The van der Waals surface area contributed by atoms with Crippen LogP contribution in [0.25, 0.3) is 11.1 Å². The smallest absolute Gasteiger partial charge is 0.341 e. The van der Waals surface area contributed by atoms with Crippen molar-refractivity contribution >= 4 is 51.3 Å². The van der Waals surface area contributed by atoms with Crippen molar-refractivity contribution in [2.24, 2.45) is 0 Å². The molecule has 0 saturated heterocycles. The van der Waals surface area contributed by atoms with E-state index in [0.717, 1.165) is 16.0 Å². The highest BCUT2D eigenvalue weighted by molar-refractivity contribution is 7.80. The van der Waals surface area contributed by atoms with E-state index in [9.17, 15) is 9.59 Å². The molecule has 0 radical (unpaired) electrons. The Hall–Kier alpha value is -3.23. The van der Waals surface area contributed by atoms with Gasteiger partial charge in [0.05, 0.1) is 24.5 Å². The third kappa shape index (κ3) is 5.33. The van der Waals surface area contributed by atoms with Crippen LogP contribution < -0.4 is 10.6 Å². The van der Waals surface area contributed by atoms with Gasteiger partial charge in [-0.2, -0.15) is 0 Å². The van der Waals surface area contributed by atoms with Crippen LogP contribution >= 0.6 is 23.6 Å². The van der Waals surface area contributed by atoms with Crippen LogP contribution in [0.4, 0.5) is 10.7 Å². The van der Waals surface area contributed by atoms with Gasteiger partial charge in [0.1, 0.15) is 10.6 Å². The maximum atomic E-state index is 12.8. The third-order valence-corrected chi connectivity index (χ3v) is 5.75. The summed E-state index contributed by atoms with van der Waals surface area (Å²) in [6, 6.07) is 16.6. The highest BCUT2D eigenvalue weighted by Crippen LogP contribution is 2.40. The van der Waals surface area contributed by atoms with Crippen molar-refractivity contribution in [2.75, 3.05) is 23.8 Å². The minimum absolute atomic E-state index is 0.244. The van der Waals surface area contributed by atoms with E-state index < -0.39 is 11.9 Å². The van der Waals surface area contributed by atoms with Gasteiger partial charge < -0.3 is 20.1 Å². The summed E-state index contributed by atoms with van der Waals surface area (Å²) < 4.78 is 10.4. The molecule has 32 heavy (non-hydrogen) atoms. The Morgan fingerprint density at radius 3 is 2.22 bits per heavy atom. The van der Waals surface area contributed by atoms with Crippen LogP contribution in [0.1, 0.15) is 39.4 Å². The Bertz CT molecular complexity index is 1130. The Morgan fingerprint density at radius 1 is 0.906 bits per heavy atom. The lowest BCUT2D eigenvalue weighted by atomic mass is 10.0. The molecule has 0 aliphatic carbocycles. The summed E-state index contributed by atoms with van der Waals surface area (Å²) in [6.07, 6.45) is 0. The Balaban J connectivity index is 1.92. The zero-order valence-corrected chi connectivity index (χ0v) is 19.7. The number of benzene rings is 2. The van der Waals surface area contributed by atoms with E-state index in [1.807, 2.05) is 37.3 Å². The first-order valence-corrected chi connectivity index (χ1v) is 11.4. The van der Waals surface area contributed by atoms with Crippen LogP contribution in [0.3, 0.4) is 0 Å². The van der Waals surface area contributed by atoms with E-state index in [2.05, 4.69) is 10.6 Å². The fourth-order valence-electron chi connectivity index (χ4n) is 3.22. The number of para-hydroxylation sites is 1. The standard InChI is InChI=1S/C24H24N2O4S2/c1-4-29-22(27)17-13-9-10-14-18(17)25-24(31)26-21-20(23(28)30-5-2)19(15(3)32-21)16-11-7-6-8-12-16/h6-14H,4-5H2,1-3H3,(H2,25,26,31). The van der Waals surface area contributed by atoms with Crippen LogP contribution in [0.15, 0.2) is 54.6 Å². The fraction of sp³-hybridized carbons (Fsp3) is 0.208. The van der Waals surface area contributed by atoms with Crippen LogP contribution in [-0.4, -0.2) is 30.3 Å². The Morgan fingerprint density at radius 2 is 1.53 bits per heavy atom. The quantitative estimate of drug-likeness (QED) is 0.331. The first-order chi connectivity index (χ1) is 15.5. The lowest BCUT2D eigenvalue weighted by Gasteiger charge is -2.14. The van der Waals surface area contributed by atoms with Gasteiger partial charge in [-0.05, 0) is 50.7 Å². The van der Waals surface area contributed by atoms with Gasteiger partial charge in [0, 0.05) is 10.4 Å². The molecule has 1 heterocycles. The summed E-state index contributed by atoms with van der Waals surface area (Å²) in [5.41, 5.74) is 3.05. The molecule has 0 amide bonds. The van der Waals surface area contributed by atoms with Crippen molar-refractivity contribution < 1.29 is 19.1 Å². The minimum Gasteiger partial charge on any atom is -0.462 e. The minimum atomic E-state index is -0.441. The van der Waals surface area contributed by atoms with Crippen LogP contribution in [-0.2, 0) is 9.47 Å². The predicted octanol–water partition coefficient (Wildman–Crippen LogP) is 5.89. The first-order valence-electron chi connectivity index (χ1n) is 10.2. The number of carbonyl (C=O) groups excluding carboxylic acids is 2. The molecule has 0 fully saturated rings. The topological polar surface area (TPSA) is 76.7 Å². The number of ether oxygens (including phenoxy) is 2. The van der Waals surface area contributed by atoms with E-state index in [4.69, 9.17) is 21.7 Å². The van der Waals surface area contributed by atoms with Gasteiger partial charge in [-0.15, -0.1) is 11.3 Å². The van der Waals surface area contributed by atoms with E-state index in [1.54, 1.807) is 38.1 Å². The van der Waals surface area contributed by atoms with E-state index in [1.165, 1.54) is 11.3 Å². The van der Waals surface area contributed by atoms with Crippen LogP contribution in [0.2, 0.25) is 0 Å². The van der Waals surface area contributed by atoms with Crippen LogP contribution in [0.5, 0.6) is 0 Å². The Kier molecular flexibility index (Phi) is 7.97. The average Bonchev–Trinajstić information content (AvgIpc) is 3.10. The maximum Gasteiger partial charge on any atom is 0.341 e. The van der Waals surface area contributed by atoms with Gasteiger partial charge in [-0.1, -0.05) is 42.5 Å². The molecular formula is C24H24N2O4S2. The summed E-state index contributed by atoms with van der Waals surface area (Å²) in [7, 11) is 0. The lowest BCUT2D eigenvalue weighted by molar-refractivity contribution is 0.0518. The summed E-state index contributed by atoms with van der Waals surface area (Å²) in [5.74, 6) is -0.864. The number of esters is 2. The third-order valence-electron chi connectivity index (χ3n) is 4.52. The number of nitrogens with one attached hydrogen (secondary N) is 2. The van der Waals surface area contributed by atoms with E-state index in [-0.39, 0.29) is 18.3 Å². The normalized spacial score (nSPS) is 10.3. The average molecular weight is 469 g/mol. The molecule has 2 aromatic carbocycles. The zero-order chi connectivity index (χ0) is 23.1. The lowest BCUT2D eigenvalue weighted by Crippen LogP contribution is -2.22. The van der Waals surface area contributed by atoms with Crippen molar-refractivity contribution in [2.45, 2.75) is 20.8 Å². The maximum absolute atomic E-state index is 12.8. The number of hydrogen-bond acceptors (Lipinski definition) is 6. The molecule has 0 aliphatic rings. The SMILES string of the molecule is CCOC(=O)c1ccccc1NC(=S)Nc1sc(C)c(-c2ccccc2)c1C(=O)OCC. The number of thiocarbonyl (C=S) groups is 1. The largest absolute Gasteiger partial charge is 0.462 e. The van der Waals surface area contributed by atoms with Gasteiger partial charge in [0.15, 0.2) is 5.11 Å². The molecule has 2 N–H and O–H groups in total. The zero-order valence-electron chi connectivity index (χ0n) is 18.1. The molecule has 6 nitrogen and oxygen atoms in total. The van der Waals surface area contributed by atoms with Gasteiger partial charge in [0.25, 0.3) is 0 Å². The number of rotatable bonds is 7. The van der Waals surface area contributed by atoms with Gasteiger partial charge in [0.2, 0.25) is 0 Å². The summed E-state index contributed by atoms with van der Waals surface area (Å²) in [6.45, 7) is 6.01. The molecule has 166 valence electrons. The molecule has 1 aromatic heterocycles. The number of thiophene rings is 1. The molecule has 3 rings (SSSR count). The second kappa shape index (κ2) is 10.9. The predicted molar refractivity (Wildman–Crippen MR) is 133 cm³/mol. The summed E-state index contributed by atoms with van der Waals surface area (Å²) in [5, 5.41) is 6.97. The molecule has 0 atom stereocenters. The summed E-state index contributed by atoms with van der Waals surface area (Å²) >= 11 is 6.91. The summed E-state index contributed by atoms with van der Waals surface area (Å²) in [4.78, 5) is 26.0. The van der Waals surface area contributed by atoms with Crippen molar-refractivity contribution in [1.29, 1.82) is 0 Å². The Labute approximate surface area is 196 Å². The van der Waals surface area contributed by atoms with E-state index in [0.29, 0.717) is 21.8 Å². The molecule has 0 spiro atoms. The van der Waals surface area contributed by atoms with Crippen molar-refractivity contribution in [3.8, 4) is 11.1 Å². The highest BCUT2D eigenvalue weighted by Gasteiger charge is 2.25. The van der Waals surface area contributed by atoms with E-state index >= 15 is 0 Å². The molecular weight excluding hydrogens is 444 g/mol. The molecule has 0 unspecified atom stereocenters. The molecule has 3 aromatic rings. The number of carbonyl (C=O) groups is 2.